The minimum absolute atomic E-state index is 0.0460. The van der Waals surface area contributed by atoms with Gasteiger partial charge in [0.1, 0.15) is 16.8 Å². The Hall–Kier alpha value is -0.780. The highest BCUT2D eigenvalue weighted by atomic mass is 32.2. The summed E-state index contributed by atoms with van der Waals surface area (Å²) in [7, 11) is -3.85. The van der Waals surface area contributed by atoms with E-state index in [-0.39, 0.29) is 15.8 Å². The van der Waals surface area contributed by atoms with Crippen molar-refractivity contribution >= 4 is 39.0 Å². The lowest BCUT2D eigenvalue weighted by Crippen LogP contribution is -2.48. The molecule has 0 unspecified atom stereocenters. The van der Waals surface area contributed by atoms with Gasteiger partial charge in [-0.3, -0.25) is 4.79 Å². The highest BCUT2D eigenvalue weighted by molar-refractivity contribution is 8.01. The molecule has 1 aromatic heterocycles. The fourth-order valence-electron chi connectivity index (χ4n) is 1.70. The zero-order valence-corrected chi connectivity index (χ0v) is 12.9. The lowest BCUT2D eigenvalue weighted by atomic mass is 10.3. The molecule has 1 N–H and O–H groups in total. The molecule has 1 aliphatic heterocycles. The normalized spacial score (nSPS) is 20.6. The molecule has 1 amide bonds. The van der Waals surface area contributed by atoms with Crippen molar-refractivity contribution in [2.45, 2.75) is 16.4 Å². The van der Waals surface area contributed by atoms with E-state index in [9.17, 15) is 26.4 Å². The maximum atomic E-state index is 12.3. The SMILES string of the molecule is O=C(NCC(F)(F)F)[C@H]1CSCN1S(=O)(=O)c1cccs1. The van der Waals surface area contributed by atoms with Crippen LogP contribution in [0.15, 0.2) is 21.7 Å². The van der Waals surface area contributed by atoms with Crippen LogP contribution in [0.2, 0.25) is 0 Å². The Balaban J connectivity index is 2.12. The molecule has 2 rings (SSSR count). The molecule has 2 heterocycles. The van der Waals surface area contributed by atoms with E-state index in [0.29, 0.717) is 0 Å². The zero-order valence-electron chi connectivity index (χ0n) is 10.5. The van der Waals surface area contributed by atoms with Crippen LogP contribution in [0.4, 0.5) is 13.2 Å². The minimum Gasteiger partial charge on any atom is -0.346 e. The first-order chi connectivity index (χ1) is 9.72. The van der Waals surface area contributed by atoms with Crippen molar-refractivity contribution in [2.24, 2.45) is 0 Å². The summed E-state index contributed by atoms with van der Waals surface area (Å²) in [6, 6.07) is 1.83. The number of carbonyl (C=O) groups excluding carboxylic acids is 1. The number of sulfonamides is 1. The van der Waals surface area contributed by atoms with Gasteiger partial charge in [0, 0.05) is 5.75 Å². The number of hydrogen-bond donors (Lipinski definition) is 1. The molecule has 21 heavy (non-hydrogen) atoms. The van der Waals surface area contributed by atoms with Crippen LogP contribution in [0.3, 0.4) is 0 Å². The molecule has 11 heteroatoms. The third-order valence-electron chi connectivity index (χ3n) is 2.67. The molecule has 1 atom stereocenters. The van der Waals surface area contributed by atoms with E-state index in [2.05, 4.69) is 0 Å². The molecule has 1 saturated heterocycles. The van der Waals surface area contributed by atoms with Gasteiger partial charge in [-0.2, -0.15) is 17.5 Å². The van der Waals surface area contributed by atoms with Crippen molar-refractivity contribution in [1.29, 1.82) is 0 Å². The third-order valence-corrected chi connectivity index (χ3v) is 7.07. The van der Waals surface area contributed by atoms with Crippen LogP contribution in [0.5, 0.6) is 0 Å². The van der Waals surface area contributed by atoms with Gasteiger partial charge < -0.3 is 5.32 Å². The molecule has 0 aromatic carbocycles. The molecule has 1 aromatic rings. The Kier molecular flexibility index (Phi) is 4.85. The van der Waals surface area contributed by atoms with Crippen LogP contribution < -0.4 is 5.32 Å². The number of hydrogen-bond acceptors (Lipinski definition) is 5. The lowest BCUT2D eigenvalue weighted by Gasteiger charge is -2.22. The quantitative estimate of drug-likeness (QED) is 0.884. The first-order valence-electron chi connectivity index (χ1n) is 5.69. The fraction of sp³-hybridized carbons (Fsp3) is 0.500. The van der Waals surface area contributed by atoms with Crippen LogP contribution in [-0.4, -0.2) is 49.0 Å². The highest BCUT2D eigenvalue weighted by Crippen LogP contribution is 2.30. The van der Waals surface area contributed by atoms with E-state index in [1.54, 1.807) is 16.8 Å². The Morgan fingerprint density at radius 1 is 1.48 bits per heavy atom. The van der Waals surface area contributed by atoms with Crippen LogP contribution in [-0.2, 0) is 14.8 Å². The summed E-state index contributed by atoms with van der Waals surface area (Å²) < 4.78 is 62.0. The van der Waals surface area contributed by atoms with Gasteiger partial charge in [0.2, 0.25) is 5.91 Å². The van der Waals surface area contributed by atoms with Crippen molar-refractivity contribution in [1.82, 2.24) is 9.62 Å². The number of rotatable bonds is 4. The molecule has 0 saturated carbocycles. The lowest BCUT2D eigenvalue weighted by molar-refractivity contribution is -0.140. The molecule has 0 aliphatic carbocycles. The maximum Gasteiger partial charge on any atom is 0.405 e. The van der Waals surface area contributed by atoms with E-state index in [1.165, 1.54) is 17.8 Å². The number of amides is 1. The molecule has 0 bridgehead atoms. The van der Waals surface area contributed by atoms with Gasteiger partial charge in [-0.05, 0) is 11.4 Å². The van der Waals surface area contributed by atoms with E-state index in [4.69, 9.17) is 0 Å². The number of thiophene rings is 1. The largest absolute Gasteiger partial charge is 0.405 e. The standard InChI is InChI=1S/C10H11F3N2O3S3/c11-10(12,13)5-14-9(16)7-4-19-6-15(7)21(17,18)8-2-1-3-20-8/h1-3,7H,4-6H2,(H,14,16)/t7-/m1/s1. The van der Waals surface area contributed by atoms with Crippen LogP contribution in [0.1, 0.15) is 0 Å². The Morgan fingerprint density at radius 3 is 2.76 bits per heavy atom. The average molecular weight is 360 g/mol. The predicted octanol–water partition coefficient (Wildman–Crippen LogP) is 1.49. The third kappa shape index (κ3) is 3.90. The zero-order chi connectivity index (χ0) is 15.7. The average Bonchev–Trinajstić information content (AvgIpc) is 3.05. The maximum absolute atomic E-state index is 12.3. The summed E-state index contributed by atoms with van der Waals surface area (Å²) in [4.78, 5) is 11.8. The molecule has 1 fully saturated rings. The Bertz CT molecular complexity index is 601. The van der Waals surface area contributed by atoms with Gasteiger partial charge in [0.25, 0.3) is 10.0 Å². The van der Waals surface area contributed by atoms with Gasteiger partial charge >= 0.3 is 6.18 Å². The second kappa shape index (κ2) is 6.15. The Labute approximate surface area is 127 Å². The van der Waals surface area contributed by atoms with Crippen molar-refractivity contribution in [3.8, 4) is 0 Å². The van der Waals surface area contributed by atoms with E-state index in [0.717, 1.165) is 15.6 Å². The van der Waals surface area contributed by atoms with Gasteiger partial charge in [-0.1, -0.05) is 6.07 Å². The highest BCUT2D eigenvalue weighted by Gasteiger charge is 2.41. The van der Waals surface area contributed by atoms with E-state index < -0.39 is 34.7 Å². The number of thioether (sulfide) groups is 1. The molecule has 0 radical (unpaired) electrons. The summed E-state index contributed by atoms with van der Waals surface area (Å²) in [6.07, 6.45) is -4.53. The number of halogens is 3. The van der Waals surface area contributed by atoms with Gasteiger partial charge in [-0.15, -0.1) is 23.1 Å². The number of carbonyl (C=O) groups is 1. The predicted molar refractivity (Wildman–Crippen MR) is 73.5 cm³/mol. The van der Waals surface area contributed by atoms with E-state index in [1.807, 2.05) is 0 Å². The number of nitrogens with zero attached hydrogens (tertiary/aromatic N) is 1. The topological polar surface area (TPSA) is 66.5 Å². The van der Waals surface area contributed by atoms with E-state index >= 15 is 0 Å². The first-order valence-corrected chi connectivity index (χ1v) is 9.17. The summed E-state index contributed by atoms with van der Waals surface area (Å²) >= 11 is 2.18. The first kappa shape index (κ1) is 16.6. The molecule has 118 valence electrons. The minimum atomic E-state index is -4.53. The fourth-order valence-corrected chi connectivity index (χ4v) is 5.97. The smallest absolute Gasteiger partial charge is 0.346 e. The van der Waals surface area contributed by atoms with Gasteiger partial charge in [0.05, 0.1) is 5.88 Å². The molecule has 0 spiro atoms. The van der Waals surface area contributed by atoms with Crippen LogP contribution in [0, 0.1) is 0 Å². The van der Waals surface area contributed by atoms with Crippen molar-refractivity contribution in [3.63, 3.8) is 0 Å². The van der Waals surface area contributed by atoms with Gasteiger partial charge in [0.15, 0.2) is 0 Å². The van der Waals surface area contributed by atoms with Crippen LogP contribution >= 0.6 is 23.1 Å². The molecule has 1 aliphatic rings. The number of nitrogens with one attached hydrogen (secondary N) is 1. The van der Waals surface area contributed by atoms with Crippen molar-refractivity contribution in [2.75, 3.05) is 18.2 Å². The summed E-state index contributed by atoms with van der Waals surface area (Å²) in [5, 5.41) is 3.31. The van der Waals surface area contributed by atoms with Gasteiger partial charge in [-0.25, -0.2) is 8.42 Å². The van der Waals surface area contributed by atoms with Crippen molar-refractivity contribution in [3.05, 3.63) is 17.5 Å². The summed E-state index contributed by atoms with van der Waals surface area (Å²) in [5.41, 5.74) is 0. The van der Waals surface area contributed by atoms with Crippen LogP contribution in [0.25, 0.3) is 0 Å². The molecule has 5 nitrogen and oxygen atoms in total. The summed E-state index contributed by atoms with van der Waals surface area (Å²) in [6.45, 7) is -1.47. The Morgan fingerprint density at radius 2 is 2.19 bits per heavy atom. The molecular weight excluding hydrogens is 349 g/mol. The van der Waals surface area contributed by atoms with Crippen molar-refractivity contribution < 1.29 is 26.4 Å². The monoisotopic (exact) mass is 360 g/mol. The number of alkyl halides is 3. The second-order valence-electron chi connectivity index (χ2n) is 4.17. The summed E-state index contributed by atoms with van der Waals surface area (Å²) in [5.74, 6) is -0.754. The second-order valence-corrected chi connectivity index (χ2v) is 8.24. The molecular formula is C10H11F3N2O3S3.